The number of carbonyl (C=O) groups excluding carboxylic acids is 1. The Morgan fingerprint density at radius 2 is 1.86 bits per heavy atom. The van der Waals surface area contributed by atoms with Crippen LogP contribution in [-0.2, 0) is 9.53 Å². The van der Waals surface area contributed by atoms with Crippen molar-refractivity contribution in [3.63, 3.8) is 0 Å². The van der Waals surface area contributed by atoms with Gasteiger partial charge in [0.2, 0.25) is 11.8 Å². The summed E-state index contributed by atoms with van der Waals surface area (Å²) in [4.78, 5) is 26.5. The molecule has 1 saturated carbocycles. The first-order valence-electron chi connectivity index (χ1n) is 13.6. The Morgan fingerprint density at radius 1 is 1.08 bits per heavy atom. The second-order valence-electron chi connectivity index (χ2n) is 10.9. The molecular weight excluding hydrogens is 468 g/mol. The lowest BCUT2D eigenvalue weighted by atomic mass is 10.0. The highest BCUT2D eigenvalue weighted by molar-refractivity contribution is 5.85. The van der Waals surface area contributed by atoms with Gasteiger partial charge in [0, 0.05) is 62.4 Å². The normalized spacial score (nSPS) is 23.8. The summed E-state index contributed by atoms with van der Waals surface area (Å²) in [5, 5.41) is 2.92. The standard InChI is InChI=1S/C28H34N6O3/c1-18(20-12-26(35)29-14-20)37-28-27-25(30-17-34(27)22-6-7-22)13-24(31-28)19-2-4-21(5-3-19)32-8-10-33(11-9-32)23-15-36-16-23/h2-5,13,17-18,20,22-23H,6-12,14-16H2,1H3,(H,29,35)/t18-,20-/m1/s1. The summed E-state index contributed by atoms with van der Waals surface area (Å²) in [5.41, 5.74) is 5.02. The number of nitrogens with zero attached hydrogens (tertiary/aromatic N) is 5. The number of aromatic nitrogens is 3. The maximum absolute atomic E-state index is 11.8. The Morgan fingerprint density at radius 3 is 2.51 bits per heavy atom. The van der Waals surface area contributed by atoms with Crippen LogP contribution in [0.3, 0.4) is 0 Å². The van der Waals surface area contributed by atoms with Crippen molar-refractivity contribution in [2.45, 2.75) is 44.4 Å². The molecule has 194 valence electrons. The van der Waals surface area contributed by atoms with Crippen LogP contribution >= 0.6 is 0 Å². The van der Waals surface area contributed by atoms with E-state index in [0.29, 0.717) is 30.9 Å². The summed E-state index contributed by atoms with van der Waals surface area (Å²) in [7, 11) is 0. The Balaban J connectivity index is 1.13. The molecule has 2 atom stereocenters. The van der Waals surface area contributed by atoms with Crippen LogP contribution in [0.1, 0.15) is 32.2 Å². The molecule has 7 rings (SSSR count). The third-order valence-corrected chi connectivity index (χ3v) is 8.41. The average Bonchev–Trinajstić information content (AvgIpc) is 3.48. The lowest BCUT2D eigenvalue weighted by Gasteiger charge is -2.43. The Kier molecular flexibility index (Phi) is 5.77. The van der Waals surface area contributed by atoms with E-state index >= 15 is 0 Å². The first-order valence-corrected chi connectivity index (χ1v) is 13.6. The van der Waals surface area contributed by atoms with Crippen molar-refractivity contribution in [2.75, 3.05) is 50.8 Å². The fourth-order valence-electron chi connectivity index (χ4n) is 5.74. The Bertz CT molecular complexity index is 1290. The molecule has 9 heteroatoms. The lowest BCUT2D eigenvalue weighted by molar-refractivity contribution is -0.119. The molecule has 2 aromatic heterocycles. The number of pyridine rings is 1. The van der Waals surface area contributed by atoms with Crippen LogP contribution in [0.2, 0.25) is 0 Å². The van der Waals surface area contributed by atoms with E-state index in [-0.39, 0.29) is 17.9 Å². The zero-order chi connectivity index (χ0) is 24.9. The van der Waals surface area contributed by atoms with Crippen molar-refractivity contribution in [3.8, 4) is 17.1 Å². The highest BCUT2D eigenvalue weighted by Gasteiger charge is 2.32. The summed E-state index contributed by atoms with van der Waals surface area (Å²) in [6, 6.07) is 11.9. The second kappa shape index (κ2) is 9.29. The van der Waals surface area contributed by atoms with Crippen LogP contribution < -0.4 is 15.0 Å². The van der Waals surface area contributed by atoms with E-state index < -0.39 is 0 Å². The van der Waals surface area contributed by atoms with Crippen molar-refractivity contribution in [3.05, 3.63) is 36.7 Å². The molecule has 0 spiro atoms. The second-order valence-corrected chi connectivity index (χ2v) is 10.9. The number of carbonyl (C=O) groups is 1. The molecule has 9 nitrogen and oxygen atoms in total. The number of amides is 1. The van der Waals surface area contributed by atoms with Crippen LogP contribution in [0.15, 0.2) is 36.7 Å². The topological polar surface area (TPSA) is 84.8 Å². The number of anilines is 1. The molecule has 1 amide bonds. The number of benzene rings is 1. The minimum absolute atomic E-state index is 0.0916. The van der Waals surface area contributed by atoms with E-state index in [1.165, 1.54) is 5.69 Å². The van der Waals surface area contributed by atoms with Gasteiger partial charge in [-0.25, -0.2) is 9.97 Å². The van der Waals surface area contributed by atoms with Crippen molar-refractivity contribution in [1.82, 2.24) is 24.8 Å². The van der Waals surface area contributed by atoms with Gasteiger partial charge in [-0.1, -0.05) is 12.1 Å². The van der Waals surface area contributed by atoms with Crippen LogP contribution in [0.25, 0.3) is 22.3 Å². The first kappa shape index (κ1) is 23.0. The number of rotatable bonds is 7. The number of ether oxygens (including phenoxy) is 2. The van der Waals surface area contributed by atoms with E-state index in [1.54, 1.807) is 0 Å². The largest absolute Gasteiger partial charge is 0.473 e. The summed E-state index contributed by atoms with van der Waals surface area (Å²) >= 11 is 0. The zero-order valence-electron chi connectivity index (χ0n) is 21.3. The van der Waals surface area contributed by atoms with Crippen molar-refractivity contribution >= 4 is 22.6 Å². The van der Waals surface area contributed by atoms with Crippen LogP contribution in [0.4, 0.5) is 5.69 Å². The van der Waals surface area contributed by atoms with Crippen molar-refractivity contribution in [2.24, 2.45) is 5.92 Å². The molecule has 5 heterocycles. The molecule has 4 aliphatic rings. The van der Waals surface area contributed by atoms with E-state index in [4.69, 9.17) is 19.4 Å². The molecule has 1 aliphatic carbocycles. The molecule has 1 aromatic carbocycles. The predicted octanol–water partition coefficient (Wildman–Crippen LogP) is 2.86. The molecule has 4 fully saturated rings. The smallest absolute Gasteiger partial charge is 0.241 e. The number of fused-ring (bicyclic) bond motifs is 1. The summed E-state index contributed by atoms with van der Waals surface area (Å²) in [6.45, 7) is 8.68. The number of piperazine rings is 1. The Labute approximate surface area is 216 Å². The fraction of sp³-hybridized carbons (Fsp3) is 0.536. The summed E-state index contributed by atoms with van der Waals surface area (Å²) in [6.07, 6.45) is 4.61. The summed E-state index contributed by atoms with van der Waals surface area (Å²) in [5.74, 6) is 0.847. The quantitative estimate of drug-likeness (QED) is 0.532. The lowest BCUT2D eigenvalue weighted by Crippen LogP contribution is -2.56. The minimum Gasteiger partial charge on any atom is -0.473 e. The minimum atomic E-state index is -0.125. The van der Waals surface area contributed by atoms with Crippen molar-refractivity contribution in [1.29, 1.82) is 0 Å². The molecule has 3 aromatic rings. The van der Waals surface area contributed by atoms with Crippen LogP contribution in [-0.4, -0.2) is 83.4 Å². The molecule has 0 radical (unpaired) electrons. The predicted molar refractivity (Wildman–Crippen MR) is 141 cm³/mol. The number of hydrogen-bond donors (Lipinski definition) is 1. The number of nitrogens with one attached hydrogen (secondary N) is 1. The third kappa shape index (κ3) is 4.44. The van der Waals surface area contributed by atoms with Crippen LogP contribution in [0, 0.1) is 5.92 Å². The van der Waals surface area contributed by atoms with Gasteiger partial charge in [0.05, 0.1) is 36.8 Å². The average molecular weight is 503 g/mol. The first-order chi connectivity index (χ1) is 18.1. The molecule has 0 unspecified atom stereocenters. The van der Waals surface area contributed by atoms with Gasteiger partial charge in [0.1, 0.15) is 11.6 Å². The SMILES string of the molecule is C[C@@H](Oc1nc(-c2ccc(N3CCN(C4COC4)CC3)cc2)cc2ncn(C3CC3)c12)[C@H]1CNC(=O)C1. The van der Waals surface area contributed by atoms with Gasteiger partial charge in [0.25, 0.3) is 0 Å². The summed E-state index contributed by atoms with van der Waals surface area (Å²) < 4.78 is 14.1. The van der Waals surface area contributed by atoms with E-state index in [9.17, 15) is 4.79 Å². The van der Waals surface area contributed by atoms with Gasteiger partial charge in [-0.3, -0.25) is 9.69 Å². The maximum Gasteiger partial charge on any atom is 0.241 e. The number of hydrogen-bond acceptors (Lipinski definition) is 7. The monoisotopic (exact) mass is 502 g/mol. The highest BCUT2D eigenvalue weighted by Crippen LogP contribution is 2.40. The third-order valence-electron chi connectivity index (χ3n) is 8.41. The maximum atomic E-state index is 11.8. The molecule has 3 aliphatic heterocycles. The molecular formula is C28H34N6O3. The molecule has 3 saturated heterocycles. The van der Waals surface area contributed by atoms with Gasteiger partial charge in [-0.05, 0) is 38.0 Å². The van der Waals surface area contributed by atoms with Crippen molar-refractivity contribution < 1.29 is 14.3 Å². The molecule has 0 bridgehead atoms. The van der Waals surface area contributed by atoms with Gasteiger partial charge < -0.3 is 24.3 Å². The highest BCUT2D eigenvalue weighted by atomic mass is 16.5. The van der Waals surface area contributed by atoms with Gasteiger partial charge in [-0.15, -0.1) is 0 Å². The zero-order valence-corrected chi connectivity index (χ0v) is 21.3. The van der Waals surface area contributed by atoms with Crippen LogP contribution in [0.5, 0.6) is 5.88 Å². The van der Waals surface area contributed by atoms with Gasteiger partial charge in [-0.2, -0.15) is 0 Å². The molecule has 1 N–H and O–H groups in total. The fourth-order valence-corrected chi connectivity index (χ4v) is 5.74. The van der Waals surface area contributed by atoms with E-state index in [2.05, 4.69) is 50.0 Å². The van der Waals surface area contributed by atoms with E-state index in [0.717, 1.165) is 74.5 Å². The number of imidazole rings is 1. The Hall–Kier alpha value is -3.17. The molecule has 37 heavy (non-hydrogen) atoms. The van der Waals surface area contributed by atoms with Gasteiger partial charge >= 0.3 is 0 Å². The van der Waals surface area contributed by atoms with Gasteiger partial charge in [0.15, 0.2) is 0 Å². The van der Waals surface area contributed by atoms with E-state index in [1.807, 2.05) is 13.3 Å².